The van der Waals surface area contributed by atoms with Crippen molar-refractivity contribution in [2.75, 3.05) is 0 Å². The van der Waals surface area contributed by atoms with E-state index in [2.05, 4.69) is 0 Å². The highest BCUT2D eigenvalue weighted by molar-refractivity contribution is 8.45. The van der Waals surface area contributed by atoms with Crippen molar-refractivity contribution in [3.05, 3.63) is 42.3 Å². The molecule has 6 heteroatoms. The van der Waals surface area contributed by atoms with Gasteiger partial charge in [0.05, 0.1) is 0 Å². The molecule has 0 aliphatic heterocycles. The van der Waals surface area contributed by atoms with Crippen LogP contribution in [0.25, 0.3) is 0 Å². The topological polar surface area (TPSA) is 51.2 Å². The summed E-state index contributed by atoms with van der Waals surface area (Å²) in [6, 6.07) is 9.36. The third kappa shape index (κ3) is 6.15. The normalized spacial score (nSPS) is 11.2. The minimum atomic E-state index is -0.954. The summed E-state index contributed by atoms with van der Waals surface area (Å²) < 4.78 is -0.954. The molecular weight excluding hydrogens is 312 g/mol. The number of rotatable bonds is 5. The van der Waals surface area contributed by atoms with Crippen LogP contribution in [-0.2, 0) is 14.4 Å². The van der Waals surface area contributed by atoms with Gasteiger partial charge in [-0.15, -0.1) is 0 Å². The van der Waals surface area contributed by atoms with E-state index in [1.54, 1.807) is 6.42 Å². The second-order valence-corrected chi connectivity index (χ2v) is 8.98. The SMILES string of the molecule is CC(=O)SC([CH]c1ccccc1)(SC(C)=O)SC(C)=O. The average Bonchev–Trinajstić information content (AvgIpc) is 2.26. The van der Waals surface area contributed by atoms with Gasteiger partial charge >= 0.3 is 0 Å². The Labute approximate surface area is 131 Å². The van der Waals surface area contributed by atoms with Crippen LogP contribution < -0.4 is 0 Å². The predicted octanol–water partition coefficient (Wildman–Crippen LogP) is 3.73. The van der Waals surface area contributed by atoms with Crippen molar-refractivity contribution in [3.63, 3.8) is 0 Å². The summed E-state index contributed by atoms with van der Waals surface area (Å²) in [5, 5.41) is -0.418. The molecule has 3 nitrogen and oxygen atoms in total. The molecule has 1 radical (unpaired) electrons. The molecule has 0 saturated heterocycles. The second-order valence-electron chi connectivity index (χ2n) is 3.94. The summed E-state index contributed by atoms with van der Waals surface area (Å²) in [5.74, 6) is 0. The van der Waals surface area contributed by atoms with E-state index in [0.29, 0.717) is 0 Å². The van der Waals surface area contributed by atoms with Gasteiger partial charge < -0.3 is 0 Å². The first kappa shape index (κ1) is 17.3. The van der Waals surface area contributed by atoms with Gasteiger partial charge in [0.1, 0.15) is 3.41 Å². The predicted molar refractivity (Wildman–Crippen MR) is 87.4 cm³/mol. The maximum Gasteiger partial charge on any atom is 0.188 e. The summed E-state index contributed by atoms with van der Waals surface area (Å²) >= 11 is 2.96. The fourth-order valence-corrected chi connectivity index (χ4v) is 5.90. The Morgan fingerprint density at radius 1 is 0.850 bits per heavy atom. The molecule has 0 N–H and O–H groups in total. The number of thioether (sulfide) groups is 3. The van der Waals surface area contributed by atoms with Crippen LogP contribution in [0.5, 0.6) is 0 Å². The van der Waals surface area contributed by atoms with Crippen molar-refractivity contribution < 1.29 is 14.4 Å². The fourth-order valence-electron chi connectivity index (χ4n) is 1.51. The van der Waals surface area contributed by atoms with Crippen LogP contribution in [0, 0.1) is 6.42 Å². The van der Waals surface area contributed by atoms with Crippen molar-refractivity contribution in [3.8, 4) is 0 Å². The third-order valence-corrected chi connectivity index (χ3v) is 5.57. The summed E-state index contributed by atoms with van der Waals surface area (Å²) in [4.78, 5) is 34.5. The molecule has 0 heterocycles. The quantitative estimate of drug-likeness (QED) is 0.768. The first-order valence-electron chi connectivity index (χ1n) is 5.83. The molecule has 0 fully saturated rings. The van der Waals surface area contributed by atoms with E-state index in [1.165, 1.54) is 20.8 Å². The standard InChI is InChI=1S/C14H15O3S3/c1-10(15)18-14(19-11(2)16,20-12(3)17)9-13-7-5-4-6-8-13/h4-9H,1-3H3. The first-order chi connectivity index (χ1) is 9.33. The largest absolute Gasteiger partial charge is 0.287 e. The van der Waals surface area contributed by atoms with Crippen LogP contribution in [0.15, 0.2) is 30.3 Å². The van der Waals surface area contributed by atoms with Gasteiger partial charge in [0.2, 0.25) is 0 Å². The lowest BCUT2D eigenvalue weighted by atomic mass is 10.2. The minimum Gasteiger partial charge on any atom is -0.287 e. The van der Waals surface area contributed by atoms with Crippen molar-refractivity contribution >= 4 is 50.6 Å². The molecule has 1 rings (SSSR count). The number of carbonyl (C=O) groups is 3. The Balaban J connectivity index is 3.09. The maximum absolute atomic E-state index is 11.5. The molecule has 0 atom stereocenters. The van der Waals surface area contributed by atoms with Gasteiger partial charge in [-0.2, -0.15) is 0 Å². The number of carbonyl (C=O) groups excluding carboxylic acids is 3. The Kier molecular flexibility index (Phi) is 6.85. The van der Waals surface area contributed by atoms with E-state index in [-0.39, 0.29) is 15.3 Å². The van der Waals surface area contributed by atoms with Gasteiger partial charge in [-0.1, -0.05) is 65.6 Å². The molecule has 20 heavy (non-hydrogen) atoms. The van der Waals surface area contributed by atoms with Gasteiger partial charge in [-0.3, -0.25) is 14.4 Å². The van der Waals surface area contributed by atoms with Gasteiger partial charge in [-0.05, 0) is 5.56 Å². The van der Waals surface area contributed by atoms with E-state index in [0.717, 1.165) is 40.8 Å². The molecule has 1 aromatic rings. The van der Waals surface area contributed by atoms with Crippen molar-refractivity contribution in [2.45, 2.75) is 24.2 Å². The molecule has 1 aromatic carbocycles. The molecule has 0 unspecified atom stereocenters. The fraction of sp³-hybridized carbons (Fsp3) is 0.286. The Morgan fingerprint density at radius 2 is 1.25 bits per heavy atom. The summed E-state index contributed by atoms with van der Waals surface area (Å²) in [6.45, 7) is 4.29. The van der Waals surface area contributed by atoms with Crippen molar-refractivity contribution in [2.24, 2.45) is 0 Å². The molecule has 0 aliphatic rings. The molecule has 0 aliphatic carbocycles. The molecule has 107 valence electrons. The second kappa shape index (κ2) is 7.90. The summed E-state index contributed by atoms with van der Waals surface area (Å²) in [7, 11) is 0. The summed E-state index contributed by atoms with van der Waals surface area (Å²) in [6.07, 6.45) is 1.79. The molecule has 0 saturated carbocycles. The molecule has 0 bridgehead atoms. The molecule has 0 spiro atoms. The van der Waals surface area contributed by atoms with Gasteiger partial charge in [0.15, 0.2) is 15.3 Å². The Morgan fingerprint density at radius 3 is 1.60 bits per heavy atom. The Hall–Kier alpha value is -0.720. The van der Waals surface area contributed by atoms with E-state index in [9.17, 15) is 14.4 Å². The lowest BCUT2D eigenvalue weighted by Gasteiger charge is -2.28. The average molecular weight is 327 g/mol. The monoisotopic (exact) mass is 327 g/mol. The zero-order chi connectivity index (χ0) is 15.2. The van der Waals surface area contributed by atoms with Crippen molar-refractivity contribution in [1.82, 2.24) is 0 Å². The maximum atomic E-state index is 11.5. The zero-order valence-corrected chi connectivity index (χ0v) is 13.9. The lowest BCUT2D eigenvalue weighted by Crippen LogP contribution is -2.22. The van der Waals surface area contributed by atoms with E-state index >= 15 is 0 Å². The van der Waals surface area contributed by atoms with Crippen LogP contribution >= 0.6 is 35.3 Å². The Bertz CT molecular complexity index is 459. The van der Waals surface area contributed by atoms with Crippen LogP contribution in [0.3, 0.4) is 0 Å². The van der Waals surface area contributed by atoms with Gasteiger partial charge in [-0.25, -0.2) is 0 Å². The molecule has 0 amide bonds. The van der Waals surface area contributed by atoms with Crippen LogP contribution in [0.2, 0.25) is 0 Å². The molecular formula is C14H15O3S3. The number of hydrogen-bond donors (Lipinski definition) is 0. The van der Waals surface area contributed by atoms with E-state index < -0.39 is 3.41 Å². The highest BCUT2D eigenvalue weighted by Gasteiger charge is 2.38. The van der Waals surface area contributed by atoms with Crippen LogP contribution in [0.1, 0.15) is 26.3 Å². The number of benzene rings is 1. The first-order valence-corrected chi connectivity index (χ1v) is 8.27. The van der Waals surface area contributed by atoms with Gasteiger partial charge in [0, 0.05) is 27.2 Å². The highest BCUT2D eigenvalue weighted by atomic mass is 32.3. The van der Waals surface area contributed by atoms with Crippen LogP contribution in [-0.4, -0.2) is 18.8 Å². The van der Waals surface area contributed by atoms with E-state index in [1.807, 2.05) is 30.3 Å². The lowest BCUT2D eigenvalue weighted by molar-refractivity contribution is -0.109. The van der Waals surface area contributed by atoms with E-state index in [4.69, 9.17) is 0 Å². The third-order valence-electron chi connectivity index (χ3n) is 2.00. The smallest absolute Gasteiger partial charge is 0.188 e. The van der Waals surface area contributed by atoms with Crippen molar-refractivity contribution in [1.29, 1.82) is 0 Å². The van der Waals surface area contributed by atoms with Gasteiger partial charge in [0.25, 0.3) is 0 Å². The van der Waals surface area contributed by atoms with Crippen LogP contribution in [0.4, 0.5) is 0 Å². The summed E-state index contributed by atoms with van der Waals surface area (Å²) in [5.41, 5.74) is 0.865. The minimum absolute atomic E-state index is 0.139. The molecule has 0 aromatic heterocycles. The number of hydrogen-bond acceptors (Lipinski definition) is 6. The zero-order valence-electron chi connectivity index (χ0n) is 11.4. The highest BCUT2D eigenvalue weighted by Crippen LogP contribution is 2.51.